The van der Waals surface area contributed by atoms with Gasteiger partial charge in [-0.25, -0.2) is 0 Å². The van der Waals surface area contributed by atoms with Crippen molar-refractivity contribution in [3.05, 3.63) is 101 Å². The molecule has 2 saturated carbocycles. The zero-order valence-corrected chi connectivity index (χ0v) is 25.0. The first-order valence-electron chi connectivity index (χ1n) is 8.89. The van der Waals surface area contributed by atoms with Crippen molar-refractivity contribution in [2.45, 2.75) is 0 Å². The van der Waals surface area contributed by atoms with Gasteiger partial charge in [-0.3, -0.25) is 0 Å². The second-order valence-electron chi connectivity index (χ2n) is 5.74. The normalized spacial score (nSPS) is 22.2. The average Bonchev–Trinajstić information content (AvgIpc) is 3.56. The Labute approximate surface area is 234 Å². The number of thioether (sulfide) groups is 8. The molecule has 0 saturated heterocycles. The van der Waals surface area contributed by atoms with E-state index in [1.807, 2.05) is 94.1 Å². The molecule has 0 aromatic heterocycles. The van der Waals surface area contributed by atoms with Crippen molar-refractivity contribution < 1.29 is 17.1 Å². The van der Waals surface area contributed by atoms with Gasteiger partial charge in [0.2, 0.25) is 0 Å². The maximum Gasteiger partial charge on any atom is 2.00 e. The van der Waals surface area contributed by atoms with E-state index >= 15 is 0 Å². The van der Waals surface area contributed by atoms with E-state index < -0.39 is 0 Å². The Hall–Kier alpha value is 2.28. The summed E-state index contributed by atoms with van der Waals surface area (Å²) in [4.78, 5) is 0. The summed E-state index contributed by atoms with van der Waals surface area (Å²) in [6.07, 6.45) is 30.0. The molecular weight excluding hydrogens is 577 g/mol. The summed E-state index contributed by atoms with van der Waals surface area (Å²) in [7, 11) is 0. The molecule has 0 aromatic carbocycles. The van der Waals surface area contributed by atoms with Gasteiger partial charge in [0.25, 0.3) is 0 Å². The molecule has 0 spiro atoms. The maximum atomic E-state index is 2.26. The maximum absolute atomic E-state index is 2.26. The summed E-state index contributed by atoms with van der Waals surface area (Å²) in [5.74, 6) is 2.60. The van der Waals surface area contributed by atoms with Crippen LogP contribution in [0.2, 0.25) is 0 Å². The van der Waals surface area contributed by atoms with Crippen LogP contribution in [0.5, 0.6) is 0 Å². The van der Waals surface area contributed by atoms with E-state index in [2.05, 4.69) is 88.5 Å². The van der Waals surface area contributed by atoms with Crippen molar-refractivity contribution in [3.63, 3.8) is 0 Å². The van der Waals surface area contributed by atoms with Crippen LogP contribution in [-0.2, 0) is 17.1 Å². The van der Waals surface area contributed by atoms with E-state index in [1.165, 1.54) is 37.3 Å². The molecule has 4 rings (SSSR count). The summed E-state index contributed by atoms with van der Waals surface area (Å²) < 4.78 is 8.51. The predicted molar refractivity (Wildman–Crippen MR) is 156 cm³/mol. The average molecular weight is 599 g/mol. The molecule has 9 heteroatoms. The topological polar surface area (TPSA) is 0 Å². The fourth-order valence-electron chi connectivity index (χ4n) is 2.43. The minimum Gasteiger partial charge on any atom is -0.121 e. The Morgan fingerprint density at radius 3 is 1.00 bits per heavy atom. The third-order valence-electron chi connectivity index (χ3n) is 3.79. The van der Waals surface area contributed by atoms with E-state index in [9.17, 15) is 0 Å². The molecule has 0 N–H and O–H groups in total. The smallest absolute Gasteiger partial charge is 0.121 e. The molecule has 2 heterocycles. The summed E-state index contributed by atoms with van der Waals surface area (Å²) in [5.41, 5.74) is 0. The van der Waals surface area contributed by atoms with Crippen LogP contribution >= 0.6 is 94.1 Å². The van der Waals surface area contributed by atoms with E-state index in [0.29, 0.717) is 0 Å². The second kappa shape index (κ2) is 16.1. The quantitative estimate of drug-likeness (QED) is 0.274. The standard InChI is InChI=1S/2C11H11S4.Fe/c2*1-12-10-11(13-2)15-9(14-10)7-8-5-3-4-6-8;/h2*3-7H,1-2H3;/q;;+2. The minimum atomic E-state index is 0. The number of rotatable bonds is 6. The third-order valence-corrected chi connectivity index (χ3v) is 14.0. The van der Waals surface area contributed by atoms with Gasteiger partial charge in [0, 0.05) is 20.3 Å². The summed E-state index contributed by atoms with van der Waals surface area (Å²) in [6.45, 7) is 0. The van der Waals surface area contributed by atoms with Gasteiger partial charge >= 0.3 is 17.1 Å². The Kier molecular flexibility index (Phi) is 15.3. The SMILES string of the molecule is CSC1=C(SC)SC(=C[C]2[CH][CH][CH][CH]2)S1.CSC1=C(SC)SC(=C[C]2[CH][CH][CH][CH]2)S1.[Fe+2]. The predicted octanol–water partition coefficient (Wildman–Crippen LogP) is 9.13. The fraction of sp³-hybridized carbons (Fsp3) is 0.182. The van der Waals surface area contributed by atoms with Crippen molar-refractivity contribution in [1.29, 1.82) is 0 Å². The van der Waals surface area contributed by atoms with Crippen LogP contribution < -0.4 is 0 Å². The van der Waals surface area contributed by atoms with Crippen molar-refractivity contribution in [2.24, 2.45) is 0 Å². The van der Waals surface area contributed by atoms with Crippen molar-refractivity contribution in [1.82, 2.24) is 0 Å². The van der Waals surface area contributed by atoms with E-state index in [0.717, 1.165) is 0 Å². The van der Waals surface area contributed by atoms with Crippen molar-refractivity contribution in [2.75, 3.05) is 25.0 Å². The number of hydrogen-bond donors (Lipinski definition) is 0. The van der Waals surface area contributed by atoms with Crippen LogP contribution in [0.1, 0.15) is 0 Å². The van der Waals surface area contributed by atoms with Crippen LogP contribution in [0, 0.1) is 63.2 Å². The first kappa shape index (κ1) is 29.5. The van der Waals surface area contributed by atoms with E-state index in [1.54, 1.807) is 0 Å². The molecule has 4 aliphatic rings. The Bertz CT molecular complexity index is 604. The van der Waals surface area contributed by atoms with Crippen LogP contribution in [0.4, 0.5) is 0 Å². The number of allylic oxidation sites excluding steroid dienone is 2. The molecule has 2 aliphatic carbocycles. The van der Waals surface area contributed by atoms with Gasteiger partial charge < -0.3 is 0 Å². The van der Waals surface area contributed by atoms with Gasteiger partial charge in [0.15, 0.2) is 0 Å². The molecule has 2 aliphatic heterocycles. The molecule has 0 bridgehead atoms. The molecule has 0 nitrogen and oxygen atoms in total. The Balaban J connectivity index is 0.000000213. The van der Waals surface area contributed by atoms with E-state index in [4.69, 9.17) is 0 Å². The second-order valence-corrected chi connectivity index (χ2v) is 14.8. The summed E-state index contributed by atoms with van der Waals surface area (Å²) >= 11 is 14.9. The zero-order valence-electron chi connectivity index (χ0n) is 17.4. The molecule has 10 radical (unpaired) electrons. The molecule has 2 fully saturated rings. The van der Waals surface area contributed by atoms with Gasteiger partial charge in [-0.1, -0.05) is 59.2 Å². The molecule has 0 aromatic rings. The molecule has 164 valence electrons. The first-order valence-corrected chi connectivity index (χ1v) is 17.1. The van der Waals surface area contributed by atoms with Gasteiger partial charge in [0.1, 0.15) is 0 Å². The van der Waals surface area contributed by atoms with Gasteiger partial charge in [-0.2, -0.15) is 0 Å². The largest absolute Gasteiger partial charge is 2.00 e. The van der Waals surface area contributed by atoms with Crippen LogP contribution in [-0.4, -0.2) is 25.0 Å². The van der Waals surface area contributed by atoms with E-state index in [-0.39, 0.29) is 17.1 Å². The summed E-state index contributed by atoms with van der Waals surface area (Å²) in [5, 5.41) is 0. The fourth-order valence-corrected chi connectivity index (χ4v) is 12.3. The first-order chi connectivity index (χ1) is 14.7. The van der Waals surface area contributed by atoms with Crippen LogP contribution in [0.3, 0.4) is 0 Å². The monoisotopic (exact) mass is 598 g/mol. The van der Waals surface area contributed by atoms with Gasteiger partial charge in [-0.15, -0.1) is 47.0 Å². The molecule has 31 heavy (non-hydrogen) atoms. The molecular formula is C22H22FeS8+2. The Morgan fingerprint density at radius 2 is 0.774 bits per heavy atom. The van der Waals surface area contributed by atoms with Crippen LogP contribution in [0.15, 0.2) is 37.6 Å². The van der Waals surface area contributed by atoms with Gasteiger partial charge in [0.05, 0.1) is 16.9 Å². The van der Waals surface area contributed by atoms with Crippen molar-refractivity contribution in [3.8, 4) is 0 Å². The zero-order chi connectivity index (χ0) is 21.3. The number of hydrogen-bond acceptors (Lipinski definition) is 8. The van der Waals surface area contributed by atoms with Gasteiger partial charge in [-0.05, 0) is 76.4 Å². The van der Waals surface area contributed by atoms with Crippen molar-refractivity contribution >= 4 is 94.1 Å². The van der Waals surface area contributed by atoms with Crippen LogP contribution in [0.25, 0.3) is 0 Å². The molecule has 0 amide bonds. The Morgan fingerprint density at radius 1 is 0.516 bits per heavy atom. The third kappa shape index (κ3) is 9.34. The summed E-state index contributed by atoms with van der Waals surface area (Å²) in [6, 6.07) is 0. The molecule has 0 atom stereocenters. The minimum absolute atomic E-state index is 0. The molecule has 0 unspecified atom stereocenters.